The lowest BCUT2D eigenvalue weighted by Gasteiger charge is -2.14. The molecule has 25 heavy (non-hydrogen) atoms. The molecule has 0 radical (unpaired) electrons. The Balaban J connectivity index is 1.65. The highest BCUT2D eigenvalue weighted by molar-refractivity contribution is 7.90. The number of carbonyl (C=O) groups excluding carboxylic acids is 2. The number of nitrogens with one attached hydrogen (secondary N) is 1. The van der Waals surface area contributed by atoms with Gasteiger partial charge in [0.1, 0.15) is 11.4 Å². The van der Waals surface area contributed by atoms with Gasteiger partial charge in [0.2, 0.25) is 0 Å². The normalized spacial score (nSPS) is 15.1. The summed E-state index contributed by atoms with van der Waals surface area (Å²) in [6.07, 6.45) is 0. The Hall–Kier alpha value is -2.42. The molecule has 130 valence electrons. The van der Waals surface area contributed by atoms with Crippen molar-refractivity contribution in [2.45, 2.75) is 11.5 Å². The molecule has 0 fully saturated rings. The molecular weight excluding hydrogens is 368 g/mol. The van der Waals surface area contributed by atoms with E-state index >= 15 is 0 Å². The lowest BCUT2D eigenvalue weighted by molar-refractivity contribution is -0.134. The Bertz CT molecular complexity index is 931. The van der Waals surface area contributed by atoms with Gasteiger partial charge in [-0.3, -0.25) is 14.4 Å². The van der Waals surface area contributed by atoms with Crippen LogP contribution in [0, 0.1) is 0 Å². The molecule has 9 heteroatoms. The number of hydrogen-bond acceptors (Lipinski definition) is 5. The van der Waals surface area contributed by atoms with Gasteiger partial charge in [-0.1, -0.05) is 41.9 Å². The summed E-state index contributed by atoms with van der Waals surface area (Å²) < 4.78 is 25.3. The molecule has 2 amide bonds. The van der Waals surface area contributed by atoms with Crippen LogP contribution in [0.5, 0.6) is 0 Å². The van der Waals surface area contributed by atoms with Crippen LogP contribution in [0.3, 0.4) is 0 Å². The van der Waals surface area contributed by atoms with Crippen molar-refractivity contribution in [3.8, 4) is 0 Å². The second-order valence-electron chi connectivity index (χ2n) is 5.26. The minimum absolute atomic E-state index is 0.0117. The second-order valence-corrected chi connectivity index (χ2v) is 7.52. The fourth-order valence-corrected chi connectivity index (χ4v) is 4.13. The zero-order valence-corrected chi connectivity index (χ0v) is 14.4. The fraction of sp³-hybridized carbons (Fsp3) is 0.125. The molecule has 1 heterocycles. The summed E-state index contributed by atoms with van der Waals surface area (Å²) in [5.41, 5.74) is 2.95. The molecule has 2 aromatic rings. The summed E-state index contributed by atoms with van der Waals surface area (Å²) in [6.45, 7) is -0.564. The maximum atomic E-state index is 12.4. The van der Waals surface area contributed by atoms with Gasteiger partial charge in [-0.2, -0.15) is 0 Å². The summed E-state index contributed by atoms with van der Waals surface area (Å²) >= 11 is 5.79. The smallest absolute Gasteiger partial charge is 0.269 e. The third-order valence-corrected chi connectivity index (χ3v) is 5.53. The first kappa shape index (κ1) is 17.4. The van der Waals surface area contributed by atoms with Crippen molar-refractivity contribution in [2.75, 3.05) is 6.54 Å². The SMILES string of the molecule is O=C(CN1C(=O)c2ccc(Cl)cc2S1(=O)=O)NOCc1ccccc1. The zero-order chi connectivity index (χ0) is 18.0. The largest absolute Gasteiger partial charge is 0.271 e. The van der Waals surface area contributed by atoms with Crippen LogP contribution in [0.1, 0.15) is 15.9 Å². The minimum atomic E-state index is -4.11. The van der Waals surface area contributed by atoms with Gasteiger partial charge in [-0.25, -0.2) is 18.2 Å². The topological polar surface area (TPSA) is 92.8 Å². The van der Waals surface area contributed by atoms with Crippen LogP contribution >= 0.6 is 11.6 Å². The predicted molar refractivity (Wildman–Crippen MR) is 89.0 cm³/mol. The molecule has 2 aromatic carbocycles. The highest BCUT2D eigenvalue weighted by Gasteiger charge is 2.42. The maximum Gasteiger partial charge on any atom is 0.269 e. The quantitative estimate of drug-likeness (QED) is 0.797. The Morgan fingerprint density at radius 3 is 2.60 bits per heavy atom. The number of fused-ring (bicyclic) bond motifs is 1. The van der Waals surface area contributed by atoms with Gasteiger partial charge >= 0.3 is 0 Å². The van der Waals surface area contributed by atoms with Crippen molar-refractivity contribution in [1.82, 2.24) is 9.79 Å². The van der Waals surface area contributed by atoms with Gasteiger partial charge in [0.25, 0.3) is 21.8 Å². The molecule has 1 aliphatic rings. The number of hydrogen-bond donors (Lipinski definition) is 1. The first-order valence-corrected chi connectivity index (χ1v) is 9.02. The number of benzene rings is 2. The number of hydroxylamine groups is 1. The number of halogens is 1. The predicted octanol–water partition coefficient (Wildman–Crippen LogP) is 1.73. The van der Waals surface area contributed by atoms with Gasteiger partial charge in [0.05, 0.1) is 12.2 Å². The van der Waals surface area contributed by atoms with Gasteiger partial charge in [0, 0.05) is 5.02 Å². The molecule has 0 aromatic heterocycles. The number of amides is 2. The van der Waals surface area contributed by atoms with E-state index in [1.54, 1.807) is 12.1 Å². The van der Waals surface area contributed by atoms with E-state index in [-0.39, 0.29) is 22.1 Å². The van der Waals surface area contributed by atoms with Gasteiger partial charge in [-0.15, -0.1) is 0 Å². The molecular formula is C16H13ClN2O5S. The van der Waals surface area contributed by atoms with Crippen molar-refractivity contribution in [3.05, 3.63) is 64.7 Å². The monoisotopic (exact) mass is 380 g/mol. The van der Waals surface area contributed by atoms with Crippen LogP contribution in [0.4, 0.5) is 0 Å². The molecule has 1 aliphatic heterocycles. The highest BCUT2D eigenvalue weighted by Crippen LogP contribution is 2.31. The lowest BCUT2D eigenvalue weighted by Crippen LogP contribution is -2.40. The van der Waals surface area contributed by atoms with Crippen molar-refractivity contribution < 1.29 is 22.8 Å². The van der Waals surface area contributed by atoms with Crippen molar-refractivity contribution in [1.29, 1.82) is 0 Å². The molecule has 0 aliphatic carbocycles. The summed E-state index contributed by atoms with van der Waals surface area (Å²) in [4.78, 5) is 29.0. The second kappa shape index (κ2) is 6.83. The van der Waals surface area contributed by atoms with Crippen LogP contribution in [-0.4, -0.2) is 31.1 Å². The molecule has 7 nitrogen and oxygen atoms in total. The lowest BCUT2D eigenvalue weighted by atomic mass is 10.2. The first-order chi connectivity index (χ1) is 11.9. The van der Waals surface area contributed by atoms with Gasteiger partial charge in [0.15, 0.2) is 0 Å². The standard InChI is InChI=1S/C16H13ClN2O5S/c17-12-6-7-13-14(8-12)25(22,23)19(16(13)21)9-15(20)18-24-10-11-4-2-1-3-5-11/h1-8H,9-10H2,(H,18,20). The summed E-state index contributed by atoms with van der Waals surface area (Å²) in [6, 6.07) is 13.0. The molecule has 0 atom stereocenters. The van der Waals surface area contributed by atoms with E-state index in [1.807, 2.05) is 18.2 Å². The highest BCUT2D eigenvalue weighted by atomic mass is 35.5. The van der Waals surface area contributed by atoms with E-state index in [2.05, 4.69) is 5.48 Å². The molecule has 3 rings (SSSR count). The number of nitrogens with zero attached hydrogens (tertiary/aromatic N) is 1. The van der Waals surface area contributed by atoms with E-state index < -0.39 is 28.4 Å². The molecule has 0 bridgehead atoms. The number of rotatable bonds is 5. The van der Waals surface area contributed by atoms with E-state index in [9.17, 15) is 18.0 Å². The van der Waals surface area contributed by atoms with E-state index in [1.165, 1.54) is 18.2 Å². The van der Waals surface area contributed by atoms with Crippen LogP contribution in [0.2, 0.25) is 5.02 Å². The molecule has 1 N–H and O–H groups in total. The van der Waals surface area contributed by atoms with E-state index in [0.717, 1.165) is 5.56 Å². The van der Waals surface area contributed by atoms with E-state index in [4.69, 9.17) is 16.4 Å². The Labute approximate surface area is 149 Å². The Morgan fingerprint density at radius 1 is 1.16 bits per heavy atom. The average Bonchev–Trinajstić information content (AvgIpc) is 2.76. The van der Waals surface area contributed by atoms with Gasteiger partial charge in [-0.05, 0) is 23.8 Å². The molecule has 0 unspecified atom stereocenters. The van der Waals surface area contributed by atoms with Crippen molar-refractivity contribution in [2.24, 2.45) is 0 Å². The average molecular weight is 381 g/mol. The van der Waals surface area contributed by atoms with Crippen molar-refractivity contribution >= 4 is 33.4 Å². The number of carbonyl (C=O) groups is 2. The fourth-order valence-electron chi connectivity index (χ4n) is 2.34. The summed E-state index contributed by atoms with van der Waals surface area (Å²) in [7, 11) is -4.11. The Morgan fingerprint density at radius 2 is 1.88 bits per heavy atom. The maximum absolute atomic E-state index is 12.4. The third kappa shape index (κ3) is 3.51. The third-order valence-electron chi connectivity index (χ3n) is 3.52. The van der Waals surface area contributed by atoms with Gasteiger partial charge < -0.3 is 0 Å². The zero-order valence-electron chi connectivity index (χ0n) is 12.8. The van der Waals surface area contributed by atoms with Crippen LogP contribution in [-0.2, 0) is 26.3 Å². The minimum Gasteiger partial charge on any atom is -0.271 e. The van der Waals surface area contributed by atoms with E-state index in [0.29, 0.717) is 4.31 Å². The molecule has 0 saturated carbocycles. The summed E-state index contributed by atoms with van der Waals surface area (Å²) in [5.74, 6) is -1.53. The Kier molecular flexibility index (Phi) is 4.76. The van der Waals surface area contributed by atoms with Crippen LogP contribution in [0.25, 0.3) is 0 Å². The first-order valence-electron chi connectivity index (χ1n) is 7.21. The molecule has 0 spiro atoms. The van der Waals surface area contributed by atoms with Crippen LogP contribution in [0.15, 0.2) is 53.4 Å². The van der Waals surface area contributed by atoms with Crippen molar-refractivity contribution in [3.63, 3.8) is 0 Å². The summed E-state index contributed by atoms with van der Waals surface area (Å²) in [5, 5.41) is 0.188. The molecule has 0 saturated heterocycles. The number of sulfonamides is 1. The van der Waals surface area contributed by atoms with Crippen LogP contribution < -0.4 is 5.48 Å².